The molecule has 2 rings (SSSR count). The van der Waals surface area contributed by atoms with Gasteiger partial charge in [0, 0.05) is 5.69 Å². The molecule has 116 valence electrons. The lowest BCUT2D eigenvalue weighted by Gasteiger charge is -2.14. The molecular weight excluding hydrogens is 387 g/mol. The molecule has 0 saturated heterocycles. The molecule has 0 aromatic heterocycles. The van der Waals surface area contributed by atoms with Crippen LogP contribution in [-0.4, -0.2) is 11.0 Å². The molecule has 3 nitrogen and oxygen atoms in total. The van der Waals surface area contributed by atoms with E-state index in [9.17, 15) is 23.1 Å². The third-order valence-electron chi connectivity index (χ3n) is 2.76. The molecule has 0 fully saturated rings. The van der Waals surface area contributed by atoms with E-state index in [0.717, 1.165) is 0 Å². The number of nitrogens with one attached hydrogen (secondary N) is 1. The summed E-state index contributed by atoms with van der Waals surface area (Å²) in [5.74, 6) is -1.63. The number of halogens is 5. The zero-order valence-electron chi connectivity index (χ0n) is 10.7. The predicted molar refractivity (Wildman–Crippen MR) is 80.2 cm³/mol. The quantitative estimate of drug-likeness (QED) is 0.746. The van der Waals surface area contributed by atoms with Gasteiger partial charge in [-0.3, -0.25) is 4.79 Å². The third kappa shape index (κ3) is 3.36. The maximum atomic E-state index is 12.9. The molecule has 0 aliphatic heterocycles. The van der Waals surface area contributed by atoms with Crippen molar-refractivity contribution in [2.75, 3.05) is 5.32 Å². The molecule has 0 radical (unpaired) electrons. The Morgan fingerprint density at radius 1 is 1.23 bits per heavy atom. The van der Waals surface area contributed by atoms with Crippen LogP contribution in [0.3, 0.4) is 0 Å². The highest BCUT2D eigenvalue weighted by Crippen LogP contribution is 2.44. The molecule has 2 N–H and O–H groups in total. The van der Waals surface area contributed by atoms with Crippen LogP contribution in [0.5, 0.6) is 5.75 Å². The van der Waals surface area contributed by atoms with Gasteiger partial charge >= 0.3 is 6.18 Å². The number of hydrogen-bond acceptors (Lipinski definition) is 2. The van der Waals surface area contributed by atoms with E-state index in [1.54, 1.807) is 30.3 Å². The number of benzene rings is 2. The summed E-state index contributed by atoms with van der Waals surface area (Å²) in [6.07, 6.45) is -4.72. The number of carbonyl (C=O) groups is 1. The molecule has 1 amide bonds. The van der Waals surface area contributed by atoms with Crippen molar-refractivity contribution in [1.29, 1.82) is 0 Å². The Morgan fingerprint density at radius 3 is 2.36 bits per heavy atom. The molecule has 22 heavy (non-hydrogen) atoms. The van der Waals surface area contributed by atoms with Crippen LogP contribution >= 0.6 is 27.5 Å². The van der Waals surface area contributed by atoms with E-state index in [0.29, 0.717) is 11.8 Å². The first-order chi connectivity index (χ1) is 10.2. The summed E-state index contributed by atoms with van der Waals surface area (Å²) in [5, 5.41) is 11.6. The number of rotatable bonds is 2. The average molecular weight is 395 g/mol. The number of phenolic OH excluding ortho intramolecular Hbond substituents is 1. The second-order valence-electron chi connectivity index (χ2n) is 4.27. The summed E-state index contributed by atoms with van der Waals surface area (Å²) < 4.78 is 38.3. The first-order valence-electron chi connectivity index (χ1n) is 5.86. The van der Waals surface area contributed by atoms with Crippen LogP contribution in [0.4, 0.5) is 18.9 Å². The zero-order chi connectivity index (χ0) is 16.5. The summed E-state index contributed by atoms with van der Waals surface area (Å²) in [4.78, 5) is 12.1. The van der Waals surface area contributed by atoms with Crippen LogP contribution in [0.1, 0.15) is 15.9 Å². The fourth-order valence-corrected chi connectivity index (χ4v) is 2.45. The monoisotopic (exact) mass is 393 g/mol. The van der Waals surface area contributed by atoms with Crippen LogP contribution in [0.25, 0.3) is 0 Å². The lowest BCUT2D eigenvalue weighted by Crippen LogP contribution is -2.15. The van der Waals surface area contributed by atoms with Gasteiger partial charge in [-0.2, -0.15) is 13.2 Å². The molecular formula is C14H8BrClF3NO2. The van der Waals surface area contributed by atoms with Crippen LogP contribution in [0, 0.1) is 0 Å². The van der Waals surface area contributed by atoms with Gasteiger partial charge in [-0.05, 0) is 34.1 Å². The summed E-state index contributed by atoms with van der Waals surface area (Å²) >= 11 is 8.34. The Hall–Kier alpha value is -1.73. The van der Waals surface area contributed by atoms with E-state index in [4.69, 9.17) is 11.6 Å². The number of para-hydroxylation sites is 1. The van der Waals surface area contributed by atoms with E-state index >= 15 is 0 Å². The van der Waals surface area contributed by atoms with Gasteiger partial charge in [0.2, 0.25) is 0 Å². The van der Waals surface area contributed by atoms with Crippen LogP contribution < -0.4 is 5.32 Å². The molecule has 0 saturated carbocycles. The predicted octanol–water partition coefficient (Wildman–Crippen LogP) is 5.08. The molecule has 0 unspecified atom stereocenters. The summed E-state index contributed by atoms with van der Waals surface area (Å²) in [6.45, 7) is 0. The molecule has 0 spiro atoms. The van der Waals surface area contributed by atoms with Gasteiger partial charge in [0.05, 0.1) is 20.6 Å². The lowest BCUT2D eigenvalue weighted by atomic mass is 10.1. The van der Waals surface area contributed by atoms with Crippen LogP contribution in [0.15, 0.2) is 40.9 Å². The molecule has 8 heteroatoms. The summed E-state index contributed by atoms with van der Waals surface area (Å²) in [7, 11) is 0. The first-order valence-corrected chi connectivity index (χ1v) is 7.03. The number of amides is 1. The van der Waals surface area contributed by atoms with E-state index in [1.807, 2.05) is 0 Å². The number of aromatic hydroxyl groups is 1. The van der Waals surface area contributed by atoms with E-state index in [1.165, 1.54) is 0 Å². The number of alkyl halides is 3. The molecule has 0 aliphatic carbocycles. The van der Waals surface area contributed by atoms with Gasteiger partial charge in [-0.25, -0.2) is 0 Å². The Balaban J connectivity index is 2.47. The van der Waals surface area contributed by atoms with E-state index in [2.05, 4.69) is 21.2 Å². The fourth-order valence-electron chi connectivity index (χ4n) is 1.72. The highest BCUT2D eigenvalue weighted by atomic mass is 79.9. The number of hydrogen-bond donors (Lipinski definition) is 2. The Kier molecular flexibility index (Phi) is 4.67. The lowest BCUT2D eigenvalue weighted by molar-refractivity contribution is -0.138. The number of phenols is 1. The molecule has 2 aromatic carbocycles. The maximum Gasteiger partial charge on any atom is 0.417 e. The second-order valence-corrected chi connectivity index (χ2v) is 5.44. The van der Waals surface area contributed by atoms with Crippen molar-refractivity contribution >= 4 is 39.1 Å². The van der Waals surface area contributed by atoms with Gasteiger partial charge in [-0.15, -0.1) is 0 Å². The minimum absolute atomic E-state index is 0.375. The van der Waals surface area contributed by atoms with Crippen LogP contribution in [0.2, 0.25) is 5.02 Å². The Labute approximate surface area is 136 Å². The molecule has 0 atom stereocenters. The molecule has 2 aromatic rings. The van der Waals surface area contributed by atoms with Crippen molar-refractivity contribution in [3.8, 4) is 5.75 Å². The zero-order valence-corrected chi connectivity index (χ0v) is 13.1. The SMILES string of the molecule is O=C(Nc1ccccc1)c1cc(C(F)(F)F)c(Br)c(Cl)c1O. The van der Waals surface area contributed by atoms with Crippen molar-refractivity contribution in [2.24, 2.45) is 0 Å². The van der Waals surface area contributed by atoms with Gasteiger partial charge in [0.1, 0.15) is 5.75 Å². The fraction of sp³-hybridized carbons (Fsp3) is 0.0714. The maximum absolute atomic E-state index is 12.9. The molecule has 0 heterocycles. The highest BCUT2D eigenvalue weighted by molar-refractivity contribution is 9.10. The summed E-state index contributed by atoms with van der Waals surface area (Å²) in [6, 6.07) is 8.66. The topological polar surface area (TPSA) is 49.3 Å². The molecule has 0 bridgehead atoms. The van der Waals surface area contributed by atoms with Gasteiger partial charge in [0.15, 0.2) is 0 Å². The van der Waals surface area contributed by atoms with Crippen molar-refractivity contribution < 1.29 is 23.1 Å². The Morgan fingerprint density at radius 2 is 1.82 bits per heavy atom. The average Bonchev–Trinajstić information content (AvgIpc) is 2.44. The minimum atomic E-state index is -4.72. The largest absolute Gasteiger partial charge is 0.506 e. The van der Waals surface area contributed by atoms with Crippen molar-refractivity contribution in [2.45, 2.75) is 6.18 Å². The first kappa shape index (κ1) is 16.6. The highest BCUT2D eigenvalue weighted by Gasteiger charge is 2.36. The molecule has 0 aliphatic rings. The minimum Gasteiger partial charge on any atom is -0.506 e. The van der Waals surface area contributed by atoms with E-state index in [-0.39, 0.29) is 0 Å². The van der Waals surface area contributed by atoms with Crippen molar-refractivity contribution in [3.05, 3.63) is 57.0 Å². The second kappa shape index (κ2) is 6.18. The van der Waals surface area contributed by atoms with Crippen LogP contribution in [-0.2, 0) is 6.18 Å². The van der Waals surface area contributed by atoms with Gasteiger partial charge in [0.25, 0.3) is 5.91 Å². The number of carbonyl (C=O) groups excluding carboxylic acids is 1. The van der Waals surface area contributed by atoms with Gasteiger partial charge < -0.3 is 10.4 Å². The number of anilines is 1. The smallest absolute Gasteiger partial charge is 0.417 e. The third-order valence-corrected chi connectivity index (χ3v) is 4.18. The van der Waals surface area contributed by atoms with Gasteiger partial charge in [-0.1, -0.05) is 29.8 Å². The Bertz CT molecular complexity index is 720. The normalized spacial score (nSPS) is 11.3. The van der Waals surface area contributed by atoms with E-state index < -0.39 is 38.5 Å². The standard InChI is InChI=1S/C14H8BrClF3NO2/c15-10-9(14(17,18)19)6-8(12(21)11(10)16)13(22)20-7-4-2-1-3-5-7/h1-6,21H,(H,20,22). The van der Waals surface area contributed by atoms with Crippen molar-refractivity contribution in [3.63, 3.8) is 0 Å². The van der Waals surface area contributed by atoms with Crippen molar-refractivity contribution in [1.82, 2.24) is 0 Å². The summed E-state index contributed by atoms with van der Waals surface area (Å²) in [5.41, 5.74) is -1.34.